The number of rotatable bonds is 8. The van der Waals surface area contributed by atoms with Crippen LogP contribution < -0.4 is 15.0 Å². The topological polar surface area (TPSA) is 44.8 Å². The van der Waals surface area contributed by atoms with E-state index in [1.54, 1.807) is 12.1 Å². The third kappa shape index (κ3) is 5.26. The lowest BCUT2D eigenvalue weighted by Crippen LogP contribution is -2.31. The standard InChI is InChI=1S/C23H31N3O2/c1-4-5-16-28-22-12-6-18(7-13-22)23(27)24-19-8-10-20(11-9-19)26-15-14-21(17-26)25(2)3/h6-13,21H,4-5,14-17H2,1-3H3,(H,24,27). The summed E-state index contributed by atoms with van der Waals surface area (Å²) in [5.41, 5.74) is 2.64. The number of hydrogen-bond donors (Lipinski definition) is 1. The number of carbonyl (C=O) groups excluding carboxylic acids is 1. The van der Waals surface area contributed by atoms with E-state index in [0.717, 1.165) is 37.4 Å². The second kappa shape index (κ2) is 9.60. The molecule has 0 radical (unpaired) electrons. The van der Waals surface area contributed by atoms with Crippen LogP contribution >= 0.6 is 0 Å². The molecule has 5 nitrogen and oxygen atoms in total. The number of carbonyl (C=O) groups is 1. The van der Waals surface area contributed by atoms with Crippen molar-refractivity contribution in [3.05, 3.63) is 54.1 Å². The largest absolute Gasteiger partial charge is 0.494 e. The summed E-state index contributed by atoms with van der Waals surface area (Å²) in [5, 5.41) is 2.97. The van der Waals surface area contributed by atoms with Crippen LogP contribution in [0.3, 0.4) is 0 Å². The number of ether oxygens (including phenoxy) is 1. The molecule has 1 N–H and O–H groups in total. The van der Waals surface area contributed by atoms with Crippen LogP contribution in [-0.2, 0) is 0 Å². The van der Waals surface area contributed by atoms with Crippen LogP contribution in [0, 0.1) is 0 Å². The van der Waals surface area contributed by atoms with Gasteiger partial charge in [0.25, 0.3) is 5.91 Å². The predicted molar refractivity (Wildman–Crippen MR) is 116 cm³/mol. The number of likely N-dealkylation sites (N-methyl/N-ethyl adjacent to an activating group) is 1. The zero-order valence-corrected chi connectivity index (χ0v) is 17.1. The van der Waals surface area contributed by atoms with Crippen molar-refractivity contribution < 1.29 is 9.53 Å². The fourth-order valence-corrected chi connectivity index (χ4v) is 3.39. The Hall–Kier alpha value is -2.53. The molecule has 1 unspecified atom stereocenters. The number of amides is 1. The molecule has 1 aliphatic heterocycles. The lowest BCUT2D eigenvalue weighted by atomic mass is 10.2. The average Bonchev–Trinajstić information content (AvgIpc) is 3.20. The van der Waals surface area contributed by atoms with Gasteiger partial charge < -0.3 is 19.9 Å². The minimum Gasteiger partial charge on any atom is -0.494 e. The van der Waals surface area contributed by atoms with E-state index < -0.39 is 0 Å². The summed E-state index contributed by atoms with van der Waals surface area (Å²) < 4.78 is 5.64. The van der Waals surface area contributed by atoms with Crippen molar-refractivity contribution in [2.24, 2.45) is 0 Å². The van der Waals surface area contributed by atoms with Crippen molar-refractivity contribution in [1.82, 2.24) is 4.90 Å². The molecule has 1 atom stereocenters. The van der Waals surface area contributed by atoms with Gasteiger partial charge in [0, 0.05) is 36.1 Å². The number of benzene rings is 2. The van der Waals surface area contributed by atoms with E-state index in [1.165, 1.54) is 12.1 Å². The molecule has 0 aliphatic carbocycles. The maximum absolute atomic E-state index is 12.5. The van der Waals surface area contributed by atoms with Crippen molar-refractivity contribution in [1.29, 1.82) is 0 Å². The number of unbranched alkanes of at least 4 members (excludes halogenated alkanes) is 1. The summed E-state index contributed by atoms with van der Waals surface area (Å²) in [6.07, 6.45) is 3.32. The lowest BCUT2D eigenvalue weighted by molar-refractivity contribution is 0.102. The average molecular weight is 382 g/mol. The van der Waals surface area contributed by atoms with Gasteiger partial charge in [-0.2, -0.15) is 0 Å². The van der Waals surface area contributed by atoms with Gasteiger partial charge in [-0.1, -0.05) is 13.3 Å². The molecule has 1 fully saturated rings. The van der Waals surface area contributed by atoms with E-state index >= 15 is 0 Å². The second-order valence-electron chi connectivity index (χ2n) is 7.58. The van der Waals surface area contributed by atoms with Gasteiger partial charge in [-0.3, -0.25) is 4.79 Å². The summed E-state index contributed by atoms with van der Waals surface area (Å²) in [6, 6.07) is 16.0. The van der Waals surface area contributed by atoms with Crippen LogP contribution in [0.2, 0.25) is 0 Å². The lowest BCUT2D eigenvalue weighted by Gasteiger charge is -2.22. The minimum absolute atomic E-state index is 0.110. The smallest absolute Gasteiger partial charge is 0.255 e. The Morgan fingerprint density at radius 3 is 2.46 bits per heavy atom. The first kappa shape index (κ1) is 20.2. The summed E-state index contributed by atoms with van der Waals surface area (Å²) in [4.78, 5) is 17.2. The van der Waals surface area contributed by atoms with Crippen molar-refractivity contribution >= 4 is 17.3 Å². The van der Waals surface area contributed by atoms with Crippen LogP contribution in [0.4, 0.5) is 11.4 Å². The highest BCUT2D eigenvalue weighted by Crippen LogP contribution is 2.24. The first-order chi connectivity index (χ1) is 13.6. The molecule has 1 heterocycles. The molecule has 1 aliphatic rings. The maximum atomic E-state index is 12.5. The van der Waals surface area contributed by atoms with Gasteiger partial charge in [-0.05, 0) is 75.5 Å². The van der Waals surface area contributed by atoms with Crippen molar-refractivity contribution in [3.8, 4) is 5.75 Å². The third-order valence-corrected chi connectivity index (χ3v) is 5.27. The van der Waals surface area contributed by atoms with Gasteiger partial charge in [-0.25, -0.2) is 0 Å². The molecule has 2 aromatic rings. The van der Waals surface area contributed by atoms with E-state index in [1.807, 2.05) is 24.3 Å². The van der Waals surface area contributed by atoms with Crippen LogP contribution in [0.25, 0.3) is 0 Å². The second-order valence-corrected chi connectivity index (χ2v) is 7.58. The van der Waals surface area contributed by atoms with Gasteiger partial charge >= 0.3 is 0 Å². The molecule has 3 rings (SSSR count). The molecule has 0 aromatic heterocycles. The predicted octanol–water partition coefficient (Wildman–Crippen LogP) is 4.26. The Bertz CT molecular complexity index is 756. The van der Waals surface area contributed by atoms with Gasteiger partial charge in [0.15, 0.2) is 0 Å². The first-order valence-corrected chi connectivity index (χ1v) is 10.1. The summed E-state index contributed by atoms with van der Waals surface area (Å²) in [5.74, 6) is 0.692. The van der Waals surface area contributed by atoms with E-state index in [2.05, 4.69) is 48.3 Å². The van der Waals surface area contributed by atoms with Crippen LogP contribution in [-0.4, -0.2) is 50.6 Å². The maximum Gasteiger partial charge on any atom is 0.255 e. The number of nitrogens with zero attached hydrogens (tertiary/aromatic N) is 2. The third-order valence-electron chi connectivity index (χ3n) is 5.27. The van der Waals surface area contributed by atoms with Crippen molar-refractivity contribution in [3.63, 3.8) is 0 Å². The normalized spacial score (nSPS) is 16.4. The van der Waals surface area contributed by atoms with E-state index in [0.29, 0.717) is 18.2 Å². The Balaban J connectivity index is 1.54. The molecule has 0 saturated carbocycles. The Morgan fingerprint density at radius 2 is 1.86 bits per heavy atom. The molecular formula is C23H31N3O2. The highest BCUT2D eigenvalue weighted by molar-refractivity contribution is 6.04. The number of anilines is 2. The van der Waals surface area contributed by atoms with E-state index in [9.17, 15) is 4.79 Å². The molecule has 150 valence electrons. The zero-order chi connectivity index (χ0) is 19.9. The van der Waals surface area contributed by atoms with Gasteiger partial charge in [0.1, 0.15) is 5.75 Å². The van der Waals surface area contributed by atoms with Crippen molar-refractivity contribution in [2.75, 3.05) is 44.0 Å². The zero-order valence-electron chi connectivity index (χ0n) is 17.1. The summed E-state index contributed by atoms with van der Waals surface area (Å²) in [6.45, 7) is 4.96. The Morgan fingerprint density at radius 1 is 1.14 bits per heavy atom. The Labute approximate surface area is 168 Å². The van der Waals surface area contributed by atoms with Crippen LogP contribution in [0.15, 0.2) is 48.5 Å². The molecule has 0 bridgehead atoms. The molecule has 0 spiro atoms. The summed E-state index contributed by atoms with van der Waals surface area (Å²) >= 11 is 0. The molecule has 1 saturated heterocycles. The molecule has 5 heteroatoms. The van der Waals surface area contributed by atoms with E-state index in [-0.39, 0.29) is 5.91 Å². The highest BCUT2D eigenvalue weighted by atomic mass is 16.5. The monoisotopic (exact) mass is 381 g/mol. The molecule has 1 amide bonds. The van der Waals surface area contributed by atoms with Crippen LogP contribution in [0.1, 0.15) is 36.5 Å². The molecular weight excluding hydrogens is 350 g/mol. The summed E-state index contributed by atoms with van der Waals surface area (Å²) in [7, 11) is 4.27. The Kier molecular flexibility index (Phi) is 6.93. The van der Waals surface area contributed by atoms with Gasteiger partial charge in [0.05, 0.1) is 6.61 Å². The fraction of sp³-hybridized carbons (Fsp3) is 0.435. The van der Waals surface area contributed by atoms with E-state index in [4.69, 9.17) is 4.74 Å². The van der Waals surface area contributed by atoms with Gasteiger partial charge in [-0.15, -0.1) is 0 Å². The van der Waals surface area contributed by atoms with Gasteiger partial charge in [0.2, 0.25) is 0 Å². The minimum atomic E-state index is -0.110. The highest BCUT2D eigenvalue weighted by Gasteiger charge is 2.23. The SMILES string of the molecule is CCCCOc1ccc(C(=O)Nc2ccc(N3CCC(N(C)C)C3)cc2)cc1. The van der Waals surface area contributed by atoms with Crippen molar-refractivity contribution in [2.45, 2.75) is 32.2 Å². The molecule has 2 aromatic carbocycles. The first-order valence-electron chi connectivity index (χ1n) is 10.1. The number of nitrogens with one attached hydrogen (secondary N) is 1. The molecule has 28 heavy (non-hydrogen) atoms. The number of hydrogen-bond acceptors (Lipinski definition) is 4. The quantitative estimate of drug-likeness (QED) is 0.694. The van der Waals surface area contributed by atoms with Crippen LogP contribution in [0.5, 0.6) is 5.75 Å². The fourth-order valence-electron chi connectivity index (χ4n) is 3.39.